The van der Waals surface area contributed by atoms with Gasteiger partial charge in [0.25, 0.3) is 5.91 Å². The molecule has 0 radical (unpaired) electrons. The molecule has 6 rings (SSSR count). The molecule has 0 aliphatic heterocycles. The molecule has 2 aromatic carbocycles. The summed E-state index contributed by atoms with van der Waals surface area (Å²) in [6, 6.07) is 12.7. The molecule has 2 aliphatic carbocycles. The number of carbonyl (C=O) groups is 1. The molecule has 2 aliphatic rings. The predicted octanol–water partition coefficient (Wildman–Crippen LogP) is 6.08. The number of nitrogens with one attached hydrogen (secondary N) is 2. The second kappa shape index (κ2) is 8.49. The molecule has 34 heavy (non-hydrogen) atoms. The van der Waals surface area contributed by atoms with Gasteiger partial charge in [-0.05, 0) is 104 Å². The van der Waals surface area contributed by atoms with Crippen LogP contribution in [0, 0.1) is 17.7 Å². The Morgan fingerprint density at radius 3 is 2.50 bits per heavy atom. The van der Waals surface area contributed by atoms with E-state index in [9.17, 15) is 9.18 Å². The third-order valence-electron chi connectivity index (χ3n) is 7.89. The molecule has 174 valence electrons. The minimum Gasteiger partial charge on any atom is -0.355 e. The van der Waals surface area contributed by atoms with E-state index in [1.165, 1.54) is 24.5 Å². The van der Waals surface area contributed by atoms with Crippen LogP contribution in [0.1, 0.15) is 72.1 Å². The number of imidazole rings is 1. The highest BCUT2D eigenvalue weighted by molar-refractivity contribution is 5.97. The fraction of sp³-hybridized carbons (Fsp3) is 0.393. The Morgan fingerprint density at radius 1 is 1.00 bits per heavy atom. The molecular weight excluding hydrogens is 427 g/mol. The Balaban J connectivity index is 1.24. The van der Waals surface area contributed by atoms with E-state index in [4.69, 9.17) is 4.98 Å². The molecule has 1 atom stereocenters. The quantitative estimate of drug-likeness (QED) is 0.382. The molecule has 0 bridgehead atoms. The second-order valence-corrected chi connectivity index (χ2v) is 9.97. The van der Waals surface area contributed by atoms with Crippen molar-refractivity contribution in [3.63, 3.8) is 0 Å². The van der Waals surface area contributed by atoms with Gasteiger partial charge >= 0.3 is 0 Å². The summed E-state index contributed by atoms with van der Waals surface area (Å²) in [5, 5.41) is 3.64. The molecular formula is C28H29FN4O. The van der Waals surface area contributed by atoms with Gasteiger partial charge in [-0.1, -0.05) is 0 Å². The first-order chi connectivity index (χ1) is 16.6. The van der Waals surface area contributed by atoms with Crippen LogP contribution in [0.5, 0.6) is 0 Å². The molecule has 2 fully saturated rings. The monoisotopic (exact) mass is 456 g/mol. The van der Waals surface area contributed by atoms with Crippen LogP contribution in [0.15, 0.2) is 48.7 Å². The van der Waals surface area contributed by atoms with Gasteiger partial charge in [-0.15, -0.1) is 0 Å². The number of nitrogens with zero attached hydrogens (tertiary/aromatic N) is 2. The summed E-state index contributed by atoms with van der Waals surface area (Å²) in [4.78, 5) is 25.0. The Hall–Kier alpha value is -3.28. The average Bonchev–Trinajstić information content (AvgIpc) is 3.61. The Morgan fingerprint density at radius 2 is 1.76 bits per heavy atom. The smallest absolute Gasteiger partial charge is 0.251 e. The van der Waals surface area contributed by atoms with Crippen molar-refractivity contribution in [3.05, 3.63) is 71.4 Å². The minimum atomic E-state index is -0.200. The summed E-state index contributed by atoms with van der Waals surface area (Å²) in [5.74, 6) is 2.94. The van der Waals surface area contributed by atoms with Crippen LogP contribution in [-0.2, 0) is 0 Å². The highest BCUT2D eigenvalue weighted by Gasteiger charge is 2.41. The number of rotatable bonds is 5. The number of hydrogen-bond donors (Lipinski definition) is 2. The van der Waals surface area contributed by atoms with E-state index in [1.807, 2.05) is 24.4 Å². The van der Waals surface area contributed by atoms with Crippen LogP contribution in [0.2, 0.25) is 0 Å². The molecule has 0 saturated heterocycles. The first-order valence-corrected chi connectivity index (χ1v) is 12.4. The van der Waals surface area contributed by atoms with Gasteiger partial charge in [0.2, 0.25) is 0 Å². The lowest BCUT2D eigenvalue weighted by molar-refractivity contribution is 0.0963. The van der Waals surface area contributed by atoms with Gasteiger partial charge in [0.1, 0.15) is 11.6 Å². The third-order valence-corrected chi connectivity index (χ3v) is 7.89. The second-order valence-electron chi connectivity index (χ2n) is 9.97. The highest BCUT2D eigenvalue weighted by atomic mass is 19.1. The molecule has 4 aromatic rings. The van der Waals surface area contributed by atoms with Crippen LogP contribution >= 0.6 is 0 Å². The Bertz CT molecular complexity index is 1370. The van der Waals surface area contributed by atoms with Crippen molar-refractivity contribution in [1.29, 1.82) is 0 Å². The fourth-order valence-corrected chi connectivity index (χ4v) is 6.04. The van der Waals surface area contributed by atoms with Gasteiger partial charge in [-0.25, -0.2) is 9.37 Å². The minimum absolute atomic E-state index is 0.0907. The number of benzene rings is 2. The zero-order valence-electron chi connectivity index (χ0n) is 19.4. The van der Waals surface area contributed by atoms with Crippen LogP contribution < -0.4 is 5.32 Å². The summed E-state index contributed by atoms with van der Waals surface area (Å²) in [5.41, 5.74) is 4.59. The van der Waals surface area contributed by atoms with Crippen molar-refractivity contribution in [3.8, 4) is 0 Å². The van der Waals surface area contributed by atoms with Gasteiger partial charge < -0.3 is 10.3 Å². The number of amides is 1. The van der Waals surface area contributed by atoms with Gasteiger partial charge in [-0.2, -0.15) is 0 Å². The van der Waals surface area contributed by atoms with E-state index >= 15 is 0 Å². The van der Waals surface area contributed by atoms with Gasteiger partial charge in [0, 0.05) is 30.1 Å². The number of aromatic nitrogens is 3. The molecule has 2 heterocycles. The normalized spacial score (nSPS) is 21.6. The van der Waals surface area contributed by atoms with E-state index in [0.717, 1.165) is 53.4 Å². The number of pyridine rings is 1. The van der Waals surface area contributed by atoms with Gasteiger partial charge in [0.15, 0.2) is 0 Å². The lowest BCUT2D eigenvalue weighted by Gasteiger charge is -2.34. The van der Waals surface area contributed by atoms with E-state index in [-0.39, 0.29) is 11.7 Å². The largest absolute Gasteiger partial charge is 0.355 e. The lowest BCUT2D eigenvalue weighted by atomic mass is 9.72. The maximum absolute atomic E-state index is 14.0. The van der Waals surface area contributed by atoms with Gasteiger partial charge in [0.05, 0.1) is 16.6 Å². The summed E-state index contributed by atoms with van der Waals surface area (Å²) < 4.78 is 14.0. The molecule has 2 saturated carbocycles. The Kier molecular flexibility index (Phi) is 5.31. The van der Waals surface area contributed by atoms with Crippen LogP contribution in [-0.4, -0.2) is 27.9 Å². The van der Waals surface area contributed by atoms with Crippen molar-refractivity contribution in [1.82, 2.24) is 20.3 Å². The fourth-order valence-electron chi connectivity index (χ4n) is 6.04. The van der Waals surface area contributed by atoms with Crippen molar-refractivity contribution < 1.29 is 9.18 Å². The Labute approximate surface area is 198 Å². The molecule has 0 spiro atoms. The molecule has 1 amide bonds. The molecule has 1 unspecified atom stereocenters. The first-order valence-electron chi connectivity index (χ1n) is 12.4. The maximum Gasteiger partial charge on any atom is 0.251 e. The highest BCUT2D eigenvalue weighted by Crippen LogP contribution is 2.51. The van der Waals surface area contributed by atoms with Gasteiger partial charge in [-0.3, -0.25) is 9.78 Å². The number of halogens is 1. The topological polar surface area (TPSA) is 70.7 Å². The third kappa shape index (κ3) is 3.85. The first kappa shape index (κ1) is 21.3. The van der Waals surface area contributed by atoms with E-state index in [2.05, 4.69) is 21.4 Å². The maximum atomic E-state index is 14.0. The van der Waals surface area contributed by atoms with Crippen molar-refractivity contribution in [2.24, 2.45) is 11.8 Å². The number of H-pyrrole nitrogens is 1. The van der Waals surface area contributed by atoms with E-state index < -0.39 is 0 Å². The summed E-state index contributed by atoms with van der Waals surface area (Å²) in [7, 11) is 1.65. The zero-order chi connectivity index (χ0) is 23.2. The average molecular weight is 457 g/mol. The van der Waals surface area contributed by atoms with Crippen LogP contribution in [0.3, 0.4) is 0 Å². The summed E-state index contributed by atoms with van der Waals surface area (Å²) >= 11 is 0. The zero-order valence-corrected chi connectivity index (χ0v) is 19.4. The van der Waals surface area contributed by atoms with Crippen molar-refractivity contribution in [2.45, 2.75) is 50.4 Å². The standard InChI is InChI=1S/C28H29FN4O/c1-30-28(34)19-8-10-24-25(14-19)33-27(32-24)26(18-6-7-18)17-4-2-16(3-5-17)21-12-13-31-23-11-9-20(29)15-22(21)23/h8-18,26H,2-7H2,1H3,(H,30,34)(H,32,33). The van der Waals surface area contributed by atoms with E-state index in [1.54, 1.807) is 19.2 Å². The number of aromatic amines is 1. The number of carbonyl (C=O) groups excluding carboxylic acids is 1. The predicted molar refractivity (Wildman–Crippen MR) is 131 cm³/mol. The number of hydrogen-bond acceptors (Lipinski definition) is 3. The SMILES string of the molecule is CNC(=O)c1ccc2[nH]c(C(C3CCC(c4ccnc5ccc(F)cc45)CC3)C3CC3)nc2c1. The van der Waals surface area contributed by atoms with Crippen LogP contribution in [0.4, 0.5) is 4.39 Å². The summed E-state index contributed by atoms with van der Waals surface area (Å²) in [6.07, 6.45) is 8.88. The van der Waals surface area contributed by atoms with Crippen molar-refractivity contribution >= 4 is 27.8 Å². The van der Waals surface area contributed by atoms with Crippen LogP contribution in [0.25, 0.3) is 21.9 Å². The number of fused-ring (bicyclic) bond motifs is 2. The molecule has 2 N–H and O–H groups in total. The molecule has 2 aromatic heterocycles. The molecule has 5 nitrogen and oxygen atoms in total. The summed E-state index contributed by atoms with van der Waals surface area (Å²) in [6.45, 7) is 0. The van der Waals surface area contributed by atoms with E-state index in [0.29, 0.717) is 29.2 Å². The molecule has 6 heteroatoms. The lowest BCUT2D eigenvalue weighted by Crippen LogP contribution is -2.22. The van der Waals surface area contributed by atoms with Crippen molar-refractivity contribution in [2.75, 3.05) is 7.05 Å².